The molecule has 0 aliphatic heterocycles. The van der Waals surface area contributed by atoms with Crippen LogP contribution in [0.5, 0.6) is 0 Å². The summed E-state index contributed by atoms with van der Waals surface area (Å²) in [6, 6.07) is 23.5. The second kappa shape index (κ2) is 7.53. The van der Waals surface area contributed by atoms with E-state index in [1.807, 2.05) is 54.6 Å². The Balaban J connectivity index is 1.84. The zero-order valence-corrected chi connectivity index (χ0v) is 15.1. The third-order valence-electron chi connectivity index (χ3n) is 4.67. The van der Waals surface area contributed by atoms with Crippen molar-refractivity contribution in [3.8, 4) is 39.6 Å². The molecule has 0 radical (unpaired) electrons. The number of nitrogens with one attached hydrogen (secondary N) is 1. The van der Waals surface area contributed by atoms with Crippen LogP contribution in [0.3, 0.4) is 0 Å². The monoisotopic (exact) mass is 384 g/mol. The van der Waals surface area contributed by atoms with E-state index < -0.39 is 17.2 Å². The number of hydrogen-bond acceptors (Lipinski definition) is 2. The van der Waals surface area contributed by atoms with Crippen molar-refractivity contribution in [2.75, 3.05) is 0 Å². The van der Waals surface area contributed by atoms with E-state index in [4.69, 9.17) is 0 Å². The van der Waals surface area contributed by atoms with Crippen LogP contribution in [0.2, 0.25) is 0 Å². The molecule has 0 bridgehead atoms. The number of benzene rings is 3. The molecule has 0 unspecified atom stereocenters. The Morgan fingerprint density at radius 2 is 1.41 bits per heavy atom. The highest BCUT2D eigenvalue weighted by atomic mass is 19.1. The van der Waals surface area contributed by atoms with Gasteiger partial charge in [0.15, 0.2) is 0 Å². The topological polar surface area (TPSA) is 56.6 Å². The van der Waals surface area contributed by atoms with Crippen molar-refractivity contribution >= 4 is 0 Å². The molecule has 0 aliphatic carbocycles. The van der Waals surface area contributed by atoms with Crippen molar-refractivity contribution in [3.05, 3.63) is 106 Å². The van der Waals surface area contributed by atoms with Crippen molar-refractivity contribution in [2.45, 2.75) is 0 Å². The van der Waals surface area contributed by atoms with E-state index >= 15 is 0 Å². The van der Waals surface area contributed by atoms with Crippen molar-refractivity contribution in [3.63, 3.8) is 0 Å². The summed E-state index contributed by atoms with van der Waals surface area (Å²) in [6.45, 7) is 0. The predicted molar refractivity (Wildman–Crippen MR) is 108 cm³/mol. The summed E-state index contributed by atoms with van der Waals surface area (Å²) in [4.78, 5) is 15.1. The van der Waals surface area contributed by atoms with Gasteiger partial charge in [0, 0.05) is 16.8 Å². The maximum Gasteiger partial charge on any atom is 0.266 e. The van der Waals surface area contributed by atoms with Gasteiger partial charge in [-0.1, -0.05) is 54.6 Å². The second-order valence-electron chi connectivity index (χ2n) is 6.48. The lowest BCUT2D eigenvalue weighted by atomic mass is 9.97. The zero-order chi connectivity index (χ0) is 20.4. The fourth-order valence-corrected chi connectivity index (χ4v) is 3.22. The summed E-state index contributed by atoms with van der Waals surface area (Å²) in [7, 11) is 0. The molecule has 0 spiro atoms. The molecule has 0 amide bonds. The van der Waals surface area contributed by atoms with Crippen LogP contribution in [0.1, 0.15) is 5.56 Å². The van der Waals surface area contributed by atoms with E-state index in [1.54, 1.807) is 6.07 Å². The van der Waals surface area contributed by atoms with Crippen LogP contribution >= 0.6 is 0 Å². The minimum absolute atomic E-state index is 0.0513. The molecular weight excluding hydrogens is 370 g/mol. The quantitative estimate of drug-likeness (QED) is 0.505. The van der Waals surface area contributed by atoms with E-state index in [9.17, 15) is 18.8 Å². The Morgan fingerprint density at radius 1 is 0.759 bits per heavy atom. The van der Waals surface area contributed by atoms with Crippen LogP contribution in [-0.4, -0.2) is 4.98 Å². The highest BCUT2D eigenvalue weighted by molar-refractivity contribution is 5.76. The lowest BCUT2D eigenvalue weighted by molar-refractivity contribution is 0.603. The summed E-state index contributed by atoms with van der Waals surface area (Å²) in [5.41, 5.74) is 2.15. The van der Waals surface area contributed by atoms with Gasteiger partial charge in [-0.2, -0.15) is 5.26 Å². The molecular formula is C24H14F2N2O. The lowest BCUT2D eigenvalue weighted by Gasteiger charge is -2.10. The average Bonchev–Trinajstić information content (AvgIpc) is 2.75. The third-order valence-corrected chi connectivity index (χ3v) is 4.67. The van der Waals surface area contributed by atoms with Crippen LogP contribution in [0.4, 0.5) is 8.78 Å². The van der Waals surface area contributed by atoms with Crippen LogP contribution in [0, 0.1) is 23.0 Å². The van der Waals surface area contributed by atoms with Crippen LogP contribution < -0.4 is 5.56 Å². The lowest BCUT2D eigenvalue weighted by Crippen LogP contribution is -2.13. The van der Waals surface area contributed by atoms with Crippen molar-refractivity contribution in [2.24, 2.45) is 0 Å². The molecule has 5 heteroatoms. The first-order valence-electron chi connectivity index (χ1n) is 8.85. The van der Waals surface area contributed by atoms with E-state index in [-0.39, 0.29) is 16.7 Å². The van der Waals surface area contributed by atoms with Crippen LogP contribution in [-0.2, 0) is 0 Å². The summed E-state index contributed by atoms with van der Waals surface area (Å²) in [6.07, 6.45) is 0. The summed E-state index contributed by atoms with van der Waals surface area (Å²) in [5.74, 6) is -1.36. The first-order valence-corrected chi connectivity index (χ1v) is 8.85. The minimum Gasteiger partial charge on any atom is -0.321 e. The van der Waals surface area contributed by atoms with Gasteiger partial charge >= 0.3 is 0 Å². The number of H-pyrrole nitrogens is 1. The summed E-state index contributed by atoms with van der Waals surface area (Å²) in [5, 5.41) is 9.36. The van der Waals surface area contributed by atoms with E-state index in [2.05, 4.69) is 4.98 Å². The molecule has 3 aromatic carbocycles. The molecule has 29 heavy (non-hydrogen) atoms. The Bertz CT molecular complexity index is 1290. The molecule has 0 atom stereocenters. The predicted octanol–water partition coefficient (Wildman–Crippen LogP) is 5.53. The van der Waals surface area contributed by atoms with Gasteiger partial charge in [-0.15, -0.1) is 0 Å². The molecule has 0 saturated heterocycles. The summed E-state index contributed by atoms with van der Waals surface area (Å²) < 4.78 is 28.0. The van der Waals surface area contributed by atoms with E-state index in [1.165, 1.54) is 6.07 Å². The fourth-order valence-electron chi connectivity index (χ4n) is 3.22. The number of pyridine rings is 1. The smallest absolute Gasteiger partial charge is 0.266 e. The average molecular weight is 384 g/mol. The molecule has 0 saturated carbocycles. The molecule has 1 N–H and O–H groups in total. The first kappa shape index (κ1) is 18.3. The number of nitriles is 1. The van der Waals surface area contributed by atoms with Gasteiger partial charge in [0.2, 0.25) is 0 Å². The molecule has 1 heterocycles. The normalized spacial score (nSPS) is 10.5. The van der Waals surface area contributed by atoms with E-state index in [0.717, 1.165) is 29.3 Å². The Hall–Kier alpha value is -4.04. The van der Waals surface area contributed by atoms with Gasteiger partial charge in [0.05, 0.1) is 0 Å². The molecule has 0 fully saturated rings. The largest absolute Gasteiger partial charge is 0.321 e. The number of halogens is 2. The number of nitrogens with zero attached hydrogens (tertiary/aromatic N) is 1. The number of hydrogen-bond donors (Lipinski definition) is 1. The molecule has 4 aromatic rings. The number of aromatic nitrogens is 1. The van der Waals surface area contributed by atoms with Gasteiger partial charge in [-0.05, 0) is 41.0 Å². The highest BCUT2D eigenvalue weighted by Gasteiger charge is 2.16. The number of aromatic amines is 1. The van der Waals surface area contributed by atoms with Gasteiger partial charge in [-0.25, -0.2) is 8.78 Å². The fraction of sp³-hybridized carbons (Fsp3) is 0. The Kier molecular flexibility index (Phi) is 4.76. The van der Waals surface area contributed by atoms with Gasteiger partial charge in [0.1, 0.15) is 23.3 Å². The van der Waals surface area contributed by atoms with Gasteiger partial charge < -0.3 is 4.98 Å². The van der Waals surface area contributed by atoms with Gasteiger partial charge in [-0.3, -0.25) is 4.79 Å². The van der Waals surface area contributed by atoms with Crippen LogP contribution in [0.25, 0.3) is 33.5 Å². The second-order valence-corrected chi connectivity index (χ2v) is 6.48. The van der Waals surface area contributed by atoms with E-state index in [0.29, 0.717) is 11.3 Å². The SMILES string of the molecule is N#Cc1c(-c2cc(F)ccc2F)cc(-c2ccc(-c3ccccc3)cc2)[nH]c1=O. The highest BCUT2D eigenvalue weighted by Crippen LogP contribution is 2.30. The zero-order valence-electron chi connectivity index (χ0n) is 15.1. The standard InChI is InChI=1S/C24H14F2N2O/c25-18-10-11-22(26)20(12-18)19-13-23(28-24(29)21(19)14-27)17-8-6-16(7-9-17)15-4-2-1-3-5-15/h1-13H,(H,28,29). The molecule has 1 aromatic heterocycles. The van der Waals surface area contributed by atoms with Crippen LogP contribution in [0.15, 0.2) is 83.7 Å². The Labute approximate surface area is 165 Å². The van der Waals surface area contributed by atoms with Crippen molar-refractivity contribution < 1.29 is 8.78 Å². The Morgan fingerprint density at radius 3 is 2.10 bits per heavy atom. The number of rotatable bonds is 3. The summed E-state index contributed by atoms with van der Waals surface area (Å²) >= 11 is 0. The molecule has 0 aliphatic rings. The molecule has 3 nitrogen and oxygen atoms in total. The van der Waals surface area contributed by atoms with Crippen molar-refractivity contribution in [1.29, 1.82) is 5.26 Å². The molecule has 140 valence electrons. The minimum atomic E-state index is -0.709. The van der Waals surface area contributed by atoms with Crippen molar-refractivity contribution in [1.82, 2.24) is 4.98 Å². The van der Waals surface area contributed by atoms with Gasteiger partial charge in [0.25, 0.3) is 5.56 Å². The maximum absolute atomic E-state index is 14.3. The first-order chi connectivity index (χ1) is 14.1. The molecule has 4 rings (SSSR count). The maximum atomic E-state index is 14.3. The third kappa shape index (κ3) is 3.56.